The molecule has 0 spiro atoms. The van der Waals surface area contributed by atoms with Gasteiger partial charge in [-0.25, -0.2) is 8.42 Å². The summed E-state index contributed by atoms with van der Waals surface area (Å²) in [5.74, 6) is 0. The van der Waals surface area contributed by atoms with Crippen molar-refractivity contribution in [2.45, 2.75) is 6.37 Å². The minimum absolute atomic E-state index is 0.0488. The van der Waals surface area contributed by atoms with Crippen LogP contribution in [0.15, 0.2) is 23.4 Å². The van der Waals surface area contributed by atoms with E-state index in [0.717, 1.165) is 0 Å². The zero-order chi connectivity index (χ0) is 11.0. The predicted octanol–water partition coefficient (Wildman–Crippen LogP) is 3.30. The Morgan fingerprint density at radius 3 is 2.36 bits per heavy atom. The van der Waals surface area contributed by atoms with Crippen LogP contribution in [0.25, 0.3) is 0 Å². The largest absolute Gasteiger partial charge is 0.263 e. The van der Waals surface area contributed by atoms with E-state index in [9.17, 15) is 8.42 Å². The van der Waals surface area contributed by atoms with Crippen molar-refractivity contribution in [2.75, 3.05) is 0 Å². The number of aromatic nitrogens is 1. The highest BCUT2D eigenvalue weighted by molar-refractivity contribution is 9.42. The van der Waals surface area contributed by atoms with Crippen LogP contribution in [0.3, 0.4) is 0 Å². The van der Waals surface area contributed by atoms with Crippen molar-refractivity contribution < 1.29 is 8.42 Å². The van der Waals surface area contributed by atoms with E-state index in [0.29, 0.717) is 0 Å². The molecule has 0 atom stereocenters. The average molecular weight is 428 g/mol. The summed E-state index contributed by atoms with van der Waals surface area (Å²) >= 11 is 14.5. The van der Waals surface area contributed by atoms with E-state index >= 15 is 0 Å². The smallest absolute Gasteiger partial charge is 0.239 e. The lowest BCUT2D eigenvalue weighted by Gasteiger charge is -2.13. The van der Waals surface area contributed by atoms with E-state index in [1.807, 2.05) is 0 Å². The first-order valence-electron chi connectivity index (χ1n) is 3.17. The molecule has 1 rings (SSSR count). The molecule has 0 amide bonds. The first kappa shape index (κ1) is 12.9. The summed E-state index contributed by atoms with van der Waals surface area (Å²) in [4.78, 5) is 3.65. The fourth-order valence-corrected chi connectivity index (χ4v) is 3.44. The number of pyridine rings is 1. The summed E-state index contributed by atoms with van der Waals surface area (Å²) in [6.45, 7) is 0. The number of halogens is 4. The van der Waals surface area contributed by atoms with Gasteiger partial charge in [0.2, 0.25) is 11.3 Å². The van der Waals surface area contributed by atoms with E-state index in [2.05, 4.69) is 52.8 Å². The summed E-state index contributed by atoms with van der Waals surface area (Å²) in [7, 11) is -3.65. The molecule has 8 heteroatoms. The first-order chi connectivity index (χ1) is 6.27. The Morgan fingerprint density at radius 2 is 1.93 bits per heavy atom. The molecule has 78 valence electrons. The van der Waals surface area contributed by atoms with Crippen LogP contribution in [0, 0.1) is 0 Å². The maximum Gasteiger partial charge on any atom is 0.239 e. The lowest BCUT2D eigenvalue weighted by molar-refractivity contribution is 0.598. The van der Waals surface area contributed by atoms with Crippen molar-refractivity contribution in [2.24, 2.45) is 0 Å². The third kappa shape index (κ3) is 2.49. The Hall–Kier alpha value is 0.830. The van der Waals surface area contributed by atoms with Crippen molar-refractivity contribution in [3.8, 4) is 0 Å². The summed E-state index contributed by atoms with van der Waals surface area (Å²) in [5.41, 5.74) is 0. The Morgan fingerprint density at radius 1 is 1.36 bits per heavy atom. The molecule has 0 aromatic carbocycles. The summed E-state index contributed by atoms with van der Waals surface area (Å²) < 4.78 is 22.2. The maximum atomic E-state index is 11.8. The van der Waals surface area contributed by atoms with Crippen LogP contribution >= 0.6 is 59.4 Å². The summed E-state index contributed by atoms with van der Waals surface area (Å²) in [6, 6.07) is 1.41. The van der Waals surface area contributed by atoms with Gasteiger partial charge in [0.15, 0.2) is 0 Å². The molecule has 0 saturated heterocycles. The summed E-state index contributed by atoms with van der Waals surface area (Å²) in [6.07, 6.45) is 2.61. The van der Waals surface area contributed by atoms with Crippen LogP contribution in [0.4, 0.5) is 0 Å². The second-order valence-corrected chi connectivity index (χ2v) is 13.1. The van der Waals surface area contributed by atoms with Crippen molar-refractivity contribution in [1.82, 2.24) is 4.98 Å². The SMILES string of the molecule is O=S(=O)(c1cnccc1Cl)C(Br)(Br)Br. The van der Waals surface area contributed by atoms with Crippen LogP contribution in [0.5, 0.6) is 0 Å². The number of hydrogen-bond donors (Lipinski definition) is 0. The molecule has 0 aliphatic carbocycles. The van der Waals surface area contributed by atoms with E-state index in [1.165, 1.54) is 18.5 Å². The third-order valence-corrected chi connectivity index (χ3v) is 7.12. The lowest BCUT2D eigenvalue weighted by Crippen LogP contribution is -2.18. The molecule has 14 heavy (non-hydrogen) atoms. The van der Waals surface area contributed by atoms with Gasteiger partial charge in [0.1, 0.15) is 4.90 Å². The number of nitrogens with zero attached hydrogens (tertiary/aromatic N) is 1. The normalized spacial score (nSPS) is 12.9. The molecule has 0 bridgehead atoms. The lowest BCUT2D eigenvalue weighted by atomic mass is 10.5. The van der Waals surface area contributed by atoms with E-state index < -0.39 is 11.3 Å². The number of hydrogen-bond acceptors (Lipinski definition) is 3. The predicted molar refractivity (Wildman–Crippen MR) is 65.9 cm³/mol. The molecule has 0 aliphatic heterocycles. The number of sulfone groups is 1. The highest BCUT2D eigenvalue weighted by Gasteiger charge is 2.38. The average Bonchev–Trinajstić information content (AvgIpc) is 2.02. The van der Waals surface area contributed by atoms with Gasteiger partial charge in [-0.05, 0) is 53.9 Å². The van der Waals surface area contributed by atoms with Gasteiger partial charge in [-0.2, -0.15) is 0 Å². The van der Waals surface area contributed by atoms with Gasteiger partial charge in [-0.3, -0.25) is 4.98 Å². The minimum atomic E-state index is -3.65. The van der Waals surface area contributed by atoms with Crippen LogP contribution in [0.1, 0.15) is 0 Å². The second-order valence-electron chi connectivity index (χ2n) is 2.26. The Labute approximate surface area is 112 Å². The van der Waals surface area contributed by atoms with Gasteiger partial charge in [0.05, 0.1) is 5.02 Å². The molecule has 0 fully saturated rings. The Kier molecular flexibility index (Phi) is 4.02. The highest BCUT2D eigenvalue weighted by atomic mass is 80.0. The third-order valence-electron chi connectivity index (χ3n) is 1.33. The maximum absolute atomic E-state index is 11.8. The molecule has 0 radical (unpaired) electrons. The highest BCUT2D eigenvalue weighted by Crippen LogP contribution is 2.44. The number of alkyl halides is 3. The minimum Gasteiger partial charge on any atom is -0.263 e. The van der Waals surface area contributed by atoms with Gasteiger partial charge in [-0.15, -0.1) is 0 Å². The van der Waals surface area contributed by atoms with Crippen LogP contribution in [0.2, 0.25) is 5.02 Å². The Balaban J connectivity index is 3.40. The fourth-order valence-electron chi connectivity index (χ4n) is 0.685. The van der Waals surface area contributed by atoms with Crippen LogP contribution in [-0.4, -0.2) is 14.9 Å². The van der Waals surface area contributed by atoms with Gasteiger partial charge in [0, 0.05) is 12.4 Å². The molecule has 1 aromatic heterocycles. The van der Waals surface area contributed by atoms with Crippen molar-refractivity contribution in [3.63, 3.8) is 0 Å². The quantitative estimate of drug-likeness (QED) is 0.645. The van der Waals surface area contributed by atoms with E-state index in [1.54, 1.807) is 0 Å². The van der Waals surface area contributed by atoms with Crippen LogP contribution in [-0.2, 0) is 9.84 Å². The first-order valence-corrected chi connectivity index (χ1v) is 7.41. The van der Waals surface area contributed by atoms with Crippen LogP contribution < -0.4 is 0 Å². The van der Waals surface area contributed by atoms with Gasteiger partial charge >= 0.3 is 0 Å². The monoisotopic (exact) mass is 425 g/mol. The molecule has 0 N–H and O–H groups in total. The molecule has 0 unspecified atom stereocenters. The standard InChI is InChI=1S/C6H3Br3ClNO2S/c7-6(8,9)14(12,13)5-3-11-2-1-4(5)10/h1-3H. The molecular formula is C6H3Br3ClNO2S. The molecule has 0 aliphatic rings. The second kappa shape index (κ2) is 4.37. The molecule has 1 aromatic rings. The van der Waals surface area contributed by atoms with Gasteiger partial charge in [-0.1, -0.05) is 11.6 Å². The van der Waals surface area contributed by atoms with E-state index in [4.69, 9.17) is 11.6 Å². The Bertz CT molecular complexity index is 443. The number of rotatable bonds is 1. The summed E-state index contributed by atoms with van der Waals surface area (Å²) in [5, 5.41) is 0.128. The van der Waals surface area contributed by atoms with Gasteiger partial charge in [0.25, 0.3) is 0 Å². The van der Waals surface area contributed by atoms with Crippen molar-refractivity contribution in [3.05, 3.63) is 23.5 Å². The van der Waals surface area contributed by atoms with E-state index in [-0.39, 0.29) is 9.92 Å². The zero-order valence-electron chi connectivity index (χ0n) is 6.42. The molecule has 0 saturated carbocycles. The fraction of sp³-hybridized carbons (Fsp3) is 0.167. The molecule has 3 nitrogen and oxygen atoms in total. The topological polar surface area (TPSA) is 47.0 Å². The zero-order valence-corrected chi connectivity index (χ0v) is 12.7. The molecular weight excluding hydrogens is 425 g/mol. The van der Waals surface area contributed by atoms with Crippen molar-refractivity contribution >= 4 is 69.2 Å². The van der Waals surface area contributed by atoms with Crippen molar-refractivity contribution in [1.29, 1.82) is 0 Å². The van der Waals surface area contributed by atoms with Gasteiger partial charge < -0.3 is 0 Å². The molecule has 1 heterocycles.